The average molecular weight is 261 g/mol. The minimum absolute atomic E-state index is 0.0555. The number of rotatable bonds is 6. The molecule has 0 aromatic heterocycles. The van der Waals surface area contributed by atoms with Crippen molar-refractivity contribution < 1.29 is 14.6 Å². The molecule has 0 aliphatic carbocycles. The molecule has 17 heavy (non-hydrogen) atoms. The van der Waals surface area contributed by atoms with Crippen LogP contribution >= 0.6 is 0 Å². The maximum Gasteiger partial charge on any atom is 0.192 e. The van der Waals surface area contributed by atoms with E-state index in [0.717, 1.165) is 0 Å². The van der Waals surface area contributed by atoms with E-state index in [4.69, 9.17) is 15.1 Å². The smallest absolute Gasteiger partial charge is 0.192 e. The third-order valence-electron chi connectivity index (χ3n) is 3.25. The van der Waals surface area contributed by atoms with E-state index in [1.165, 1.54) is 0 Å². The highest BCUT2D eigenvalue weighted by molar-refractivity contribution is 6.74. The van der Waals surface area contributed by atoms with Gasteiger partial charge in [0.25, 0.3) is 0 Å². The zero-order valence-electron chi connectivity index (χ0n) is 11.2. The molecule has 0 fully saturated rings. The van der Waals surface area contributed by atoms with E-state index in [-0.39, 0.29) is 18.3 Å². The van der Waals surface area contributed by atoms with Gasteiger partial charge in [0.2, 0.25) is 0 Å². The zero-order chi connectivity index (χ0) is 13.7. The minimum atomic E-state index is -1.93. The highest BCUT2D eigenvalue weighted by atomic mass is 28.4. The van der Waals surface area contributed by atoms with Crippen LogP contribution in [0.5, 0.6) is 0 Å². The highest BCUT2D eigenvalue weighted by Crippen LogP contribution is 2.36. The highest BCUT2D eigenvalue weighted by Gasteiger charge is 2.37. The van der Waals surface area contributed by atoms with Gasteiger partial charge >= 0.3 is 0 Å². The Kier molecular flexibility index (Phi) is 6.15. The summed E-state index contributed by atoms with van der Waals surface area (Å²) in [5, 5.41) is 22.1. The van der Waals surface area contributed by atoms with Gasteiger partial charge in [0.05, 0.1) is 25.4 Å². The first kappa shape index (κ1) is 16.4. The number of hydrogen-bond acceptors (Lipinski definition) is 4. The Morgan fingerprint density at radius 2 is 1.94 bits per heavy atom. The lowest BCUT2D eigenvalue weighted by atomic mass is 10.2. The second-order valence-corrected chi connectivity index (χ2v) is 10.4. The normalized spacial score (nSPS) is 16.2. The van der Waals surface area contributed by atoms with Crippen molar-refractivity contribution in [3.05, 3.63) is 10.4 Å². The summed E-state index contributed by atoms with van der Waals surface area (Å²) < 4.78 is 5.78. The number of hydrogen-bond donors (Lipinski definition) is 2. The summed E-state index contributed by atoms with van der Waals surface area (Å²) in [6, 6.07) is -0.843. The number of aliphatic hydroxyl groups excluding tert-OH is 2. The van der Waals surface area contributed by atoms with Crippen molar-refractivity contribution in [2.24, 2.45) is 5.11 Å². The van der Waals surface area contributed by atoms with Gasteiger partial charge in [0, 0.05) is 4.91 Å². The second kappa shape index (κ2) is 6.37. The standard InChI is InChI=1S/C10H23N3O3Si/c1-10(2,3)17(4,5)16-7-9(15)8(6-14)12-13-11/h8-9,14-15H,6-7H2,1-5H3/t8-,9+/m0/s1. The van der Waals surface area contributed by atoms with Crippen molar-refractivity contribution in [1.82, 2.24) is 0 Å². The summed E-state index contributed by atoms with van der Waals surface area (Å²) in [4.78, 5) is 2.58. The molecular formula is C10H23N3O3Si. The van der Waals surface area contributed by atoms with Gasteiger partial charge in [-0.05, 0) is 23.7 Å². The van der Waals surface area contributed by atoms with Crippen LogP contribution in [0.4, 0.5) is 0 Å². The van der Waals surface area contributed by atoms with Crippen LogP contribution in [0.15, 0.2) is 5.11 Å². The van der Waals surface area contributed by atoms with Crippen LogP contribution < -0.4 is 0 Å². The quantitative estimate of drug-likeness (QED) is 0.331. The van der Waals surface area contributed by atoms with Gasteiger partial charge in [-0.2, -0.15) is 0 Å². The van der Waals surface area contributed by atoms with E-state index in [0.29, 0.717) is 0 Å². The molecule has 0 rings (SSSR count). The number of nitrogens with zero attached hydrogens (tertiary/aromatic N) is 3. The van der Waals surface area contributed by atoms with Gasteiger partial charge in [0.1, 0.15) is 0 Å². The van der Waals surface area contributed by atoms with Gasteiger partial charge in [0.15, 0.2) is 8.32 Å². The van der Waals surface area contributed by atoms with Gasteiger partial charge < -0.3 is 14.6 Å². The monoisotopic (exact) mass is 261 g/mol. The molecule has 0 amide bonds. The van der Waals surface area contributed by atoms with Crippen LogP contribution in [-0.2, 0) is 4.43 Å². The van der Waals surface area contributed by atoms with E-state index in [9.17, 15) is 5.11 Å². The molecule has 0 heterocycles. The van der Waals surface area contributed by atoms with Crippen molar-refractivity contribution in [2.75, 3.05) is 13.2 Å². The maximum absolute atomic E-state index is 9.74. The van der Waals surface area contributed by atoms with Crippen LogP contribution in [0.2, 0.25) is 18.1 Å². The molecule has 0 saturated carbocycles. The topological polar surface area (TPSA) is 98.5 Å². The molecule has 0 aromatic carbocycles. The maximum atomic E-state index is 9.74. The fraction of sp³-hybridized carbons (Fsp3) is 1.00. The third-order valence-corrected chi connectivity index (χ3v) is 7.75. The summed E-state index contributed by atoms with van der Waals surface area (Å²) in [7, 11) is -1.93. The number of aliphatic hydroxyl groups is 2. The first-order valence-corrected chi connectivity index (χ1v) is 8.53. The van der Waals surface area contributed by atoms with Crippen molar-refractivity contribution in [2.45, 2.75) is 51.0 Å². The molecule has 7 heteroatoms. The van der Waals surface area contributed by atoms with Crippen LogP contribution in [-0.4, -0.2) is 43.9 Å². The van der Waals surface area contributed by atoms with E-state index in [1.54, 1.807) is 0 Å². The van der Waals surface area contributed by atoms with Crippen LogP contribution in [0.3, 0.4) is 0 Å². The Morgan fingerprint density at radius 1 is 1.41 bits per heavy atom. The second-order valence-electron chi connectivity index (χ2n) is 5.59. The first-order chi connectivity index (χ1) is 7.65. The molecule has 0 aliphatic rings. The molecule has 2 N–H and O–H groups in total. The molecule has 0 aromatic rings. The summed E-state index contributed by atoms with van der Waals surface area (Å²) >= 11 is 0. The molecule has 0 aliphatic heterocycles. The molecule has 0 saturated heterocycles. The van der Waals surface area contributed by atoms with Crippen molar-refractivity contribution >= 4 is 8.32 Å². The summed E-state index contributed by atoms with van der Waals surface area (Å²) in [6.07, 6.45) is -0.968. The van der Waals surface area contributed by atoms with Crippen LogP contribution in [0.1, 0.15) is 20.8 Å². The Labute approximate surface area is 103 Å². The van der Waals surface area contributed by atoms with Gasteiger partial charge in [-0.1, -0.05) is 25.9 Å². The molecule has 0 radical (unpaired) electrons. The molecule has 0 bridgehead atoms. The summed E-state index contributed by atoms with van der Waals surface area (Å²) in [6.45, 7) is 10.1. The third kappa shape index (κ3) is 5.05. The summed E-state index contributed by atoms with van der Waals surface area (Å²) in [5.74, 6) is 0. The lowest BCUT2D eigenvalue weighted by Gasteiger charge is -2.37. The van der Waals surface area contributed by atoms with Crippen LogP contribution in [0, 0.1) is 0 Å². The molecule has 0 spiro atoms. The minimum Gasteiger partial charge on any atom is -0.414 e. The number of azide groups is 1. The molecule has 0 unspecified atom stereocenters. The predicted octanol–water partition coefficient (Wildman–Crippen LogP) is 2.04. The van der Waals surface area contributed by atoms with E-state index in [1.807, 2.05) is 0 Å². The lowest BCUT2D eigenvalue weighted by Crippen LogP contribution is -2.44. The van der Waals surface area contributed by atoms with Crippen molar-refractivity contribution in [3.63, 3.8) is 0 Å². The fourth-order valence-corrected chi connectivity index (χ4v) is 1.94. The Hall–Kier alpha value is -0.593. The lowest BCUT2D eigenvalue weighted by molar-refractivity contribution is 0.0591. The van der Waals surface area contributed by atoms with E-state index in [2.05, 4.69) is 43.9 Å². The summed E-state index contributed by atoms with van der Waals surface area (Å²) in [5.41, 5.74) is 8.28. The van der Waals surface area contributed by atoms with Crippen LogP contribution in [0.25, 0.3) is 10.4 Å². The molecular weight excluding hydrogens is 238 g/mol. The average Bonchev–Trinajstić information content (AvgIpc) is 2.21. The molecule has 100 valence electrons. The molecule has 2 atom stereocenters. The van der Waals surface area contributed by atoms with Gasteiger partial charge in [-0.15, -0.1) is 0 Å². The van der Waals surface area contributed by atoms with Gasteiger partial charge in [-0.3, -0.25) is 0 Å². The van der Waals surface area contributed by atoms with E-state index < -0.39 is 20.5 Å². The van der Waals surface area contributed by atoms with Crippen molar-refractivity contribution in [3.8, 4) is 0 Å². The first-order valence-electron chi connectivity index (χ1n) is 5.63. The Bertz CT molecular complexity index is 285. The Morgan fingerprint density at radius 3 is 2.29 bits per heavy atom. The molecule has 6 nitrogen and oxygen atoms in total. The zero-order valence-corrected chi connectivity index (χ0v) is 12.2. The largest absolute Gasteiger partial charge is 0.414 e. The van der Waals surface area contributed by atoms with Crippen molar-refractivity contribution in [1.29, 1.82) is 0 Å². The predicted molar refractivity (Wildman–Crippen MR) is 69.2 cm³/mol. The Balaban J connectivity index is 4.42. The SMILES string of the molecule is CC(C)(C)[Si](C)(C)OC[C@@H](O)[C@H](CO)N=[N+]=[N-]. The van der Waals surface area contributed by atoms with E-state index >= 15 is 0 Å². The van der Waals surface area contributed by atoms with Gasteiger partial charge in [-0.25, -0.2) is 0 Å². The fourth-order valence-electron chi connectivity index (χ4n) is 0.923.